The predicted molar refractivity (Wildman–Crippen MR) is 92.9 cm³/mol. The SMILES string of the molecule is CCCn1c(S[C@@H](C)C(=O)N(CC)[C@@H]2CCS(=O)(=O)C2)n[nH]c1=O. The molecule has 1 aromatic rings. The number of nitrogens with one attached hydrogen (secondary N) is 1. The van der Waals surface area contributed by atoms with Crippen LogP contribution < -0.4 is 5.69 Å². The van der Waals surface area contributed by atoms with Crippen LogP contribution in [0, 0.1) is 0 Å². The minimum Gasteiger partial charge on any atom is -0.338 e. The third-order valence-corrected chi connectivity index (χ3v) is 6.90. The summed E-state index contributed by atoms with van der Waals surface area (Å²) in [7, 11) is -3.04. The molecule has 2 rings (SSSR count). The fraction of sp³-hybridized carbons (Fsp3) is 0.786. The second-order valence-corrected chi connectivity index (χ2v) is 9.44. The van der Waals surface area contributed by atoms with E-state index in [0.717, 1.165) is 6.42 Å². The molecule has 0 bridgehead atoms. The number of H-pyrrole nitrogens is 1. The van der Waals surface area contributed by atoms with Crippen LogP contribution in [-0.4, -0.2) is 63.3 Å². The summed E-state index contributed by atoms with van der Waals surface area (Å²) >= 11 is 1.22. The lowest BCUT2D eigenvalue weighted by atomic mass is 10.2. The van der Waals surface area contributed by atoms with Crippen molar-refractivity contribution in [3.05, 3.63) is 10.5 Å². The van der Waals surface area contributed by atoms with Crippen LogP contribution >= 0.6 is 11.8 Å². The predicted octanol–water partition coefficient (Wildman–Crippen LogP) is 0.498. The maximum absolute atomic E-state index is 12.7. The lowest BCUT2D eigenvalue weighted by molar-refractivity contribution is -0.131. The number of carbonyl (C=O) groups is 1. The third kappa shape index (κ3) is 4.21. The Balaban J connectivity index is 2.09. The molecule has 0 aliphatic carbocycles. The Kier molecular flexibility index (Phi) is 6.13. The molecule has 1 aromatic heterocycles. The van der Waals surface area contributed by atoms with Gasteiger partial charge in [-0.3, -0.25) is 9.36 Å². The number of hydrogen-bond donors (Lipinski definition) is 1. The molecule has 0 aromatic carbocycles. The Morgan fingerprint density at radius 1 is 1.50 bits per heavy atom. The first-order chi connectivity index (χ1) is 11.3. The molecule has 8 nitrogen and oxygen atoms in total. The molecule has 24 heavy (non-hydrogen) atoms. The van der Waals surface area contributed by atoms with Crippen LogP contribution in [0.15, 0.2) is 9.95 Å². The molecule has 1 amide bonds. The number of sulfone groups is 1. The summed E-state index contributed by atoms with van der Waals surface area (Å²) in [6.07, 6.45) is 1.28. The number of aromatic nitrogens is 3. The molecule has 1 saturated heterocycles. The van der Waals surface area contributed by atoms with Crippen LogP contribution in [0.1, 0.15) is 33.6 Å². The second-order valence-electron chi connectivity index (χ2n) is 5.90. The second kappa shape index (κ2) is 7.73. The number of amides is 1. The van der Waals surface area contributed by atoms with Crippen molar-refractivity contribution < 1.29 is 13.2 Å². The minimum atomic E-state index is -3.04. The Morgan fingerprint density at radius 3 is 2.75 bits per heavy atom. The van der Waals surface area contributed by atoms with Crippen LogP contribution in [0.3, 0.4) is 0 Å². The van der Waals surface area contributed by atoms with Gasteiger partial charge in [0.25, 0.3) is 0 Å². The summed E-state index contributed by atoms with van der Waals surface area (Å²) in [5.41, 5.74) is -0.284. The van der Waals surface area contributed by atoms with E-state index in [2.05, 4.69) is 10.2 Å². The van der Waals surface area contributed by atoms with E-state index in [4.69, 9.17) is 0 Å². The van der Waals surface area contributed by atoms with Crippen LogP contribution in [0.2, 0.25) is 0 Å². The quantitative estimate of drug-likeness (QED) is 0.695. The molecular formula is C14H24N4O4S2. The number of rotatable bonds is 7. The number of carbonyl (C=O) groups excluding carboxylic acids is 1. The molecule has 0 saturated carbocycles. The molecule has 1 N–H and O–H groups in total. The first-order valence-electron chi connectivity index (χ1n) is 8.11. The van der Waals surface area contributed by atoms with E-state index in [-0.39, 0.29) is 29.1 Å². The Hall–Kier alpha value is -1.29. The van der Waals surface area contributed by atoms with Crippen molar-refractivity contribution in [3.63, 3.8) is 0 Å². The summed E-state index contributed by atoms with van der Waals surface area (Å²) in [4.78, 5) is 26.1. The van der Waals surface area contributed by atoms with E-state index in [1.54, 1.807) is 11.8 Å². The highest BCUT2D eigenvalue weighted by Gasteiger charge is 2.35. The monoisotopic (exact) mass is 376 g/mol. The highest BCUT2D eigenvalue weighted by Crippen LogP contribution is 2.25. The van der Waals surface area contributed by atoms with Gasteiger partial charge < -0.3 is 4.90 Å². The van der Waals surface area contributed by atoms with Gasteiger partial charge >= 0.3 is 5.69 Å². The van der Waals surface area contributed by atoms with Gasteiger partial charge in [0.05, 0.1) is 16.8 Å². The van der Waals surface area contributed by atoms with Crippen molar-refractivity contribution in [2.75, 3.05) is 18.1 Å². The van der Waals surface area contributed by atoms with Crippen LogP contribution in [-0.2, 0) is 21.2 Å². The molecule has 1 aliphatic rings. The summed E-state index contributed by atoms with van der Waals surface area (Å²) in [6.45, 7) is 6.57. The van der Waals surface area contributed by atoms with Gasteiger partial charge in [-0.2, -0.15) is 0 Å². The lowest BCUT2D eigenvalue weighted by Gasteiger charge is -2.29. The van der Waals surface area contributed by atoms with Gasteiger partial charge in [0, 0.05) is 19.1 Å². The van der Waals surface area contributed by atoms with Crippen LogP contribution in [0.4, 0.5) is 0 Å². The number of hydrogen-bond acceptors (Lipinski definition) is 6. The van der Waals surface area contributed by atoms with E-state index >= 15 is 0 Å². The third-order valence-electron chi connectivity index (χ3n) is 4.07. The average molecular weight is 377 g/mol. The van der Waals surface area contributed by atoms with E-state index in [1.165, 1.54) is 16.3 Å². The van der Waals surface area contributed by atoms with Gasteiger partial charge in [0.1, 0.15) is 0 Å². The smallest absolute Gasteiger partial charge is 0.338 e. The largest absolute Gasteiger partial charge is 0.343 e. The molecule has 1 aliphatic heterocycles. The molecule has 0 unspecified atom stereocenters. The summed E-state index contributed by atoms with van der Waals surface area (Å²) in [5.74, 6) is 0.0498. The Labute approximate surface area is 145 Å². The van der Waals surface area contributed by atoms with Crippen molar-refractivity contribution in [2.24, 2.45) is 0 Å². The summed E-state index contributed by atoms with van der Waals surface area (Å²) < 4.78 is 24.9. The zero-order valence-electron chi connectivity index (χ0n) is 14.2. The van der Waals surface area contributed by atoms with Crippen molar-refractivity contribution in [1.29, 1.82) is 0 Å². The van der Waals surface area contributed by atoms with E-state index in [1.807, 2.05) is 13.8 Å². The van der Waals surface area contributed by atoms with Gasteiger partial charge in [0.2, 0.25) is 5.91 Å². The fourth-order valence-electron chi connectivity index (χ4n) is 2.87. The van der Waals surface area contributed by atoms with Crippen molar-refractivity contribution in [3.8, 4) is 0 Å². The molecule has 1 fully saturated rings. The molecule has 10 heteroatoms. The average Bonchev–Trinajstić information content (AvgIpc) is 3.04. The Morgan fingerprint density at radius 2 is 2.21 bits per heavy atom. The highest BCUT2D eigenvalue weighted by atomic mass is 32.2. The van der Waals surface area contributed by atoms with E-state index < -0.39 is 15.1 Å². The molecule has 136 valence electrons. The van der Waals surface area contributed by atoms with Crippen molar-refractivity contribution in [2.45, 2.75) is 56.6 Å². The molecule has 0 spiro atoms. The van der Waals surface area contributed by atoms with E-state index in [0.29, 0.717) is 24.7 Å². The maximum atomic E-state index is 12.7. The Bertz CT molecular complexity index is 740. The first kappa shape index (κ1) is 19.0. The van der Waals surface area contributed by atoms with Gasteiger partial charge in [-0.25, -0.2) is 18.3 Å². The van der Waals surface area contributed by atoms with Gasteiger partial charge in [0.15, 0.2) is 15.0 Å². The summed E-state index contributed by atoms with van der Waals surface area (Å²) in [6, 6.07) is -0.257. The number of thioether (sulfide) groups is 1. The molecular weight excluding hydrogens is 352 g/mol. The standard InChI is InChI=1S/C14H24N4O4S2/c1-4-7-18-13(20)15-16-14(18)23-10(3)12(19)17(5-2)11-6-8-24(21,22)9-11/h10-11H,4-9H2,1-3H3,(H,15,20)/t10-,11+/m0/s1. The lowest BCUT2D eigenvalue weighted by Crippen LogP contribution is -2.44. The molecule has 0 radical (unpaired) electrons. The van der Waals surface area contributed by atoms with Gasteiger partial charge in [-0.15, -0.1) is 5.10 Å². The van der Waals surface area contributed by atoms with Crippen LogP contribution in [0.5, 0.6) is 0 Å². The molecule has 2 atom stereocenters. The maximum Gasteiger partial charge on any atom is 0.343 e. The number of nitrogens with zero attached hydrogens (tertiary/aromatic N) is 3. The van der Waals surface area contributed by atoms with Crippen molar-refractivity contribution >= 4 is 27.5 Å². The first-order valence-corrected chi connectivity index (χ1v) is 10.8. The van der Waals surface area contributed by atoms with Gasteiger partial charge in [-0.05, 0) is 26.7 Å². The van der Waals surface area contributed by atoms with Crippen molar-refractivity contribution in [1.82, 2.24) is 19.7 Å². The minimum absolute atomic E-state index is 0.0346. The zero-order valence-corrected chi connectivity index (χ0v) is 15.8. The van der Waals surface area contributed by atoms with Crippen LogP contribution in [0.25, 0.3) is 0 Å². The number of aromatic amines is 1. The zero-order chi connectivity index (χ0) is 17.9. The summed E-state index contributed by atoms with van der Waals surface area (Å²) in [5, 5.41) is 6.43. The van der Waals surface area contributed by atoms with E-state index in [9.17, 15) is 18.0 Å². The molecule has 2 heterocycles. The topological polar surface area (TPSA) is 105 Å². The fourth-order valence-corrected chi connectivity index (χ4v) is 5.55. The van der Waals surface area contributed by atoms with Gasteiger partial charge in [-0.1, -0.05) is 18.7 Å². The highest BCUT2D eigenvalue weighted by molar-refractivity contribution is 8.00. The normalized spacial score (nSPS) is 20.9.